The van der Waals surface area contributed by atoms with Crippen LogP contribution in [0.15, 0.2) is 18.2 Å². The van der Waals surface area contributed by atoms with Crippen LogP contribution in [0.25, 0.3) is 0 Å². The molecular weight excluding hydrogens is 285 g/mol. The number of carbonyl (C=O) groups excluding carboxylic acids is 1. The van der Waals surface area contributed by atoms with Crippen LogP contribution in [0.3, 0.4) is 0 Å². The van der Waals surface area contributed by atoms with Gasteiger partial charge in [-0.15, -0.1) is 0 Å². The van der Waals surface area contributed by atoms with Crippen molar-refractivity contribution in [3.63, 3.8) is 0 Å². The minimum absolute atomic E-state index is 0.0814. The van der Waals surface area contributed by atoms with Crippen molar-refractivity contribution in [2.45, 2.75) is 25.6 Å². The monoisotopic (exact) mass is 301 g/mol. The zero-order valence-corrected chi connectivity index (χ0v) is 12.2. The Hall–Kier alpha value is -1.17. The number of benzene rings is 1. The molecule has 6 heteroatoms. The third-order valence-corrected chi connectivity index (χ3v) is 3.43. The van der Waals surface area contributed by atoms with E-state index in [1.54, 1.807) is 4.90 Å². The van der Waals surface area contributed by atoms with Gasteiger partial charge in [0.05, 0.1) is 23.3 Å². The van der Waals surface area contributed by atoms with E-state index in [0.29, 0.717) is 18.7 Å². The summed E-state index contributed by atoms with van der Waals surface area (Å²) >= 11 is 5.70. The number of amides is 1. The third-order valence-electron chi connectivity index (χ3n) is 3.14. The van der Waals surface area contributed by atoms with E-state index >= 15 is 0 Å². The van der Waals surface area contributed by atoms with Gasteiger partial charge in [0.25, 0.3) is 5.91 Å². The number of ether oxygens (including phenoxy) is 1. The first-order valence-corrected chi connectivity index (χ1v) is 6.73. The molecule has 4 nitrogen and oxygen atoms in total. The van der Waals surface area contributed by atoms with E-state index in [2.05, 4.69) is 0 Å². The number of halogens is 2. The summed E-state index contributed by atoms with van der Waals surface area (Å²) in [5.74, 6) is -0.805. The summed E-state index contributed by atoms with van der Waals surface area (Å²) in [6.45, 7) is 4.25. The van der Waals surface area contributed by atoms with Gasteiger partial charge in [-0.2, -0.15) is 0 Å². The Morgan fingerprint density at radius 1 is 1.60 bits per heavy atom. The van der Waals surface area contributed by atoms with Crippen molar-refractivity contribution in [2.75, 3.05) is 19.7 Å². The lowest BCUT2D eigenvalue weighted by Gasteiger charge is -2.42. The summed E-state index contributed by atoms with van der Waals surface area (Å²) in [6, 6.07) is 3.89. The van der Waals surface area contributed by atoms with Crippen LogP contribution in [-0.4, -0.2) is 47.3 Å². The highest BCUT2D eigenvalue weighted by molar-refractivity contribution is 6.31. The number of aliphatic hydroxyl groups is 1. The zero-order chi connectivity index (χ0) is 14.9. The predicted molar refractivity (Wildman–Crippen MR) is 73.4 cm³/mol. The molecule has 1 fully saturated rings. The molecule has 0 bridgehead atoms. The first kappa shape index (κ1) is 15.2. The van der Waals surface area contributed by atoms with E-state index in [0.717, 1.165) is 0 Å². The van der Waals surface area contributed by atoms with Crippen LogP contribution in [0, 0.1) is 5.82 Å². The van der Waals surface area contributed by atoms with Crippen LogP contribution in [0.2, 0.25) is 5.02 Å². The van der Waals surface area contributed by atoms with Crippen molar-refractivity contribution >= 4 is 17.5 Å². The Labute approximate surface area is 122 Å². The average molecular weight is 302 g/mol. The fourth-order valence-electron chi connectivity index (χ4n) is 2.36. The molecule has 0 spiro atoms. The largest absolute Gasteiger partial charge is 0.394 e. The van der Waals surface area contributed by atoms with Gasteiger partial charge >= 0.3 is 0 Å². The highest BCUT2D eigenvalue weighted by atomic mass is 35.5. The van der Waals surface area contributed by atoms with Crippen molar-refractivity contribution < 1.29 is 19.0 Å². The Kier molecular flexibility index (Phi) is 4.32. The van der Waals surface area contributed by atoms with Crippen molar-refractivity contribution in [1.29, 1.82) is 0 Å². The number of nitrogens with zero attached hydrogens (tertiary/aromatic N) is 1. The molecule has 1 amide bonds. The van der Waals surface area contributed by atoms with Crippen LogP contribution >= 0.6 is 11.6 Å². The first-order valence-electron chi connectivity index (χ1n) is 6.35. The highest BCUT2D eigenvalue weighted by Gasteiger charge is 2.35. The van der Waals surface area contributed by atoms with Gasteiger partial charge in [0.1, 0.15) is 5.82 Å². The normalized spacial score (nSPS) is 21.9. The van der Waals surface area contributed by atoms with E-state index < -0.39 is 17.5 Å². The van der Waals surface area contributed by atoms with E-state index in [4.69, 9.17) is 16.3 Å². The molecule has 1 aliphatic heterocycles. The van der Waals surface area contributed by atoms with Gasteiger partial charge in [0.2, 0.25) is 0 Å². The lowest BCUT2D eigenvalue weighted by atomic mass is 10.0. The quantitative estimate of drug-likeness (QED) is 0.910. The minimum Gasteiger partial charge on any atom is -0.394 e. The highest BCUT2D eigenvalue weighted by Crippen LogP contribution is 2.24. The van der Waals surface area contributed by atoms with Gasteiger partial charge in [0, 0.05) is 18.7 Å². The molecule has 1 unspecified atom stereocenters. The molecule has 2 rings (SSSR count). The van der Waals surface area contributed by atoms with Crippen molar-refractivity contribution in [3.8, 4) is 0 Å². The smallest absolute Gasteiger partial charge is 0.254 e. The molecule has 1 N–H and O–H groups in total. The van der Waals surface area contributed by atoms with E-state index in [1.165, 1.54) is 18.2 Å². The van der Waals surface area contributed by atoms with Gasteiger partial charge in [-0.1, -0.05) is 11.6 Å². The fourth-order valence-corrected chi connectivity index (χ4v) is 2.54. The number of hydrogen-bond donors (Lipinski definition) is 1. The lowest BCUT2D eigenvalue weighted by molar-refractivity contribution is -0.139. The molecule has 0 aromatic heterocycles. The first-order chi connectivity index (χ1) is 9.32. The Bertz CT molecular complexity index is 521. The second-order valence-electron chi connectivity index (χ2n) is 5.50. The maximum Gasteiger partial charge on any atom is 0.254 e. The lowest BCUT2D eigenvalue weighted by Crippen LogP contribution is -2.55. The van der Waals surface area contributed by atoms with Crippen molar-refractivity contribution in [3.05, 3.63) is 34.6 Å². The summed E-state index contributed by atoms with van der Waals surface area (Å²) < 4.78 is 18.8. The van der Waals surface area contributed by atoms with E-state index in [1.807, 2.05) is 13.8 Å². The Morgan fingerprint density at radius 3 is 2.90 bits per heavy atom. The number of aliphatic hydroxyl groups excluding tert-OH is 1. The summed E-state index contributed by atoms with van der Waals surface area (Å²) in [4.78, 5) is 14.0. The molecule has 20 heavy (non-hydrogen) atoms. The Balaban J connectivity index is 2.21. The van der Waals surface area contributed by atoms with Crippen LogP contribution in [0.1, 0.15) is 24.2 Å². The van der Waals surface area contributed by atoms with Crippen LogP contribution in [0.5, 0.6) is 0 Å². The standard InChI is InChI=1S/C14H17ClFNO3/c1-14(2)8-17(6-10(7-18)20-14)13(19)9-3-4-12(16)11(15)5-9/h3-5,10,18H,6-8H2,1-2H3. The fraction of sp³-hybridized carbons (Fsp3) is 0.500. The zero-order valence-electron chi connectivity index (χ0n) is 11.4. The summed E-state index contributed by atoms with van der Waals surface area (Å²) in [6.07, 6.45) is -0.418. The number of hydrogen-bond acceptors (Lipinski definition) is 3. The molecule has 0 radical (unpaired) electrons. The number of carbonyl (C=O) groups is 1. The predicted octanol–water partition coefficient (Wildman–Crippen LogP) is 2.09. The van der Waals surface area contributed by atoms with Crippen LogP contribution in [0.4, 0.5) is 4.39 Å². The maximum absolute atomic E-state index is 13.1. The summed E-state index contributed by atoms with van der Waals surface area (Å²) in [5, 5.41) is 9.16. The van der Waals surface area contributed by atoms with Gasteiger partial charge in [0.15, 0.2) is 0 Å². The maximum atomic E-state index is 13.1. The molecule has 1 heterocycles. The molecule has 1 aromatic rings. The summed E-state index contributed by atoms with van der Waals surface area (Å²) in [7, 11) is 0. The van der Waals surface area contributed by atoms with Gasteiger partial charge in [-0.3, -0.25) is 4.79 Å². The average Bonchev–Trinajstić information content (AvgIpc) is 2.39. The molecule has 0 aliphatic carbocycles. The minimum atomic E-state index is -0.557. The van der Waals surface area contributed by atoms with Gasteiger partial charge in [-0.05, 0) is 32.0 Å². The molecule has 1 aromatic carbocycles. The van der Waals surface area contributed by atoms with Crippen LogP contribution in [-0.2, 0) is 4.74 Å². The topological polar surface area (TPSA) is 49.8 Å². The summed E-state index contributed by atoms with van der Waals surface area (Å²) in [5.41, 5.74) is -0.212. The van der Waals surface area contributed by atoms with Gasteiger partial charge < -0.3 is 14.7 Å². The Morgan fingerprint density at radius 2 is 2.30 bits per heavy atom. The van der Waals surface area contributed by atoms with E-state index in [9.17, 15) is 14.3 Å². The van der Waals surface area contributed by atoms with Crippen molar-refractivity contribution in [2.24, 2.45) is 0 Å². The second-order valence-corrected chi connectivity index (χ2v) is 5.90. The van der Waals surface area contributed by atoms with E-state index in [-0.39, 0.29) is 17.5 Å². The molecule has 110 valence electrons. The molecule has 1 atom stereocenters. The van der Waals surface area contributed by atoms with Crippen LogP contribution < -0.4 is 0 Å². The van der Waals surface area contributed by atoms with Gasteiger partial charge in [-0.25, -0.2) is 4.39 Å². The second kappa shape index (κ2) is 5.68. The van der Waals surface area contributed by atoms with Crippen molar-refractivity contribution in [1.82, 2.24) is 4.90 Å². The molecular formula is C14H17ClFNO3. The molecule has 1 aliphatic rings. The number of morpholine rings is 1. The number of rotatable bonds is 2. The molecule has 1 saturated heterocycles. The SMILES string of the molecule is CC1(C)CN(C(=O)c2ccc(F)c(Cl)c2)CC(CO)O1. The third kappa shape index (κ3) is 3.29. The molecule has 0 saturated carbocycles.